The topological polar surface area (TPSA) is 56.7 Å². The number of hydrogen-bond donors (Lipinski definition) is 0. The molecule has 0 aliphatic carbocycles. The van der Waals surface area contributed by atoms with Crippen LogP contribution < -0.4 is 9.54 Å². The van der Waals surface area contributed by atoms with Crippen LogP contribution in [0.4, 0.5) is 0 Å². The molecule has 0 saturated heterocycles. The van der Waals surface area contributed by atoms with E-state index in [0.717, 1.165) is 26.9 Å². The highest BCUT2D eigenvalue weighted by molar-refractivity contribution is 7.16. The number of thiazole rings is 1. The Bertz CT molecular complexity index is 1160. The smallest absolute Gasteiger partial charge is 0.315 e. The van der Waals surface area contributed by atoms with Gasteiger partial charge in [0.05, 0.1) is 11.8 Å². The van der Waals surface area contributed by atoms with Crippen molar-refractivity contribution < 1.29 is 13.9 Å². The third kappa shape index (κ3) is 2.63. The number of carbonyl (C=O) groups is 1. The Balaban J connectivity index is 1.90. The van der Waals surface area contributed by atoms with Crippen molar-refractivity contribution >= 4 is 38.4 Å². The number of carbonyl (C=O) groups excluding carboxylic acids is 1. The first-order valence-corrected chi connectivity index (χ1v) is 9.18. The molecule has 2 aromatic heterocycles. The Morgan fingerprint density at radius 1 is 1.27 bits per heavy atom. The van der Waals surface area contributed by atoms with E-state index in [-0.39, 0.29) is 11.7 Å². The van der Waals surface area contributed by atoms with Crippen LogP contribution in [0.15, 0.2) is 51.9 Å². The second-order valence-electron chi connectivity index (χ2n) is 5.96. The molecule has 2 heterocycles. The van der Waals surface area contributed by atoms with Crippen LogP contribution in [0.25, 0.3) is 21.2 Å². The largest absolute Gasteiger partial charge is 0.495 e. The molecule has 0 radical (unpaired) electrons. The molecule has 5 nitrogen and oxygen atoms in total. The van der Waals surface area contributed by atoms with Crippen molar-refractivity contribution in [1.82, 2.24) is 4.57 Å². The second kappa shape index (κ2) is 6.46. The lowest BCUT2D eigenvalue weighted by atomic mass is 10.2. The highest BCUT2D eigenvalue weighted by Crippen LogP contribution is 2.30. The standard InChI is InChI=1S/C20H18N2O3S/c1-4-22-17-15(24-3)10-9-12(2)18(17)26-20(22)21-19(23)16-11-13-7-5-6-8-14(13)25-16/h5-11H,4H2,1-3H3. The van der Waals surface area contributed by atoms with Gasteiger partial charge in [-0.3, -0.25) is 4.79 Å². The highest BCUT2D eigenvalue weighted by atomic mass is 32.1. The quantitative estimate of drug-likeness (QED) is 0.535. The number of methoxy groups -OCH3 is 1. The Morgan fingerprint density at radius 3 is 2.81 bits per heavy atom. The summed E-state index contributed by atoms with van der Waals surface area (Å²) < 4.78 is 14.2. The first-order chi connectivity index (χ1) is 12.6. The highest BCUT2D eigenvalue weighted by Gasteiger charge is 2.15. The van der Waals surface area contributed by atoms with E-state index < -0.39 is 0 Å². The average Bonchev–Trinajstić information content (AvgIpc) is 3.24. The number of hydrogen-bond acceptors (Lipinski definition) is 4. The lowest BCUT2D eigenvalue weighted by molar-refractivity contribution is 0.0973. The summed E-state index contributed by atoms with van der Waals surface area (Å²) in [7, 11) is 1.65. The maximum atomic E-state index is 12.7. The molecule has 0 bridgehead atoms. The SMILES string of the molecule is CCn1c(=NC(=O)c2cc3ccccc3o2)sc2c(C)ccc(OC)c21. The fraction of sp³-hybridized carbons (Fsp3) is 0.200. The molecule has 0 aliphatic heterocycles. The number of benzene rings is 2. The third-order valence-electron chi connectivity index (χ3n) is 4.36. The minimum atomic E-state index is -0.383. The number of rotatable bonds is 3. The molecule has 0 unspecified atom stereocenters. The normalized spacial score (nSPS) is 12.2. The molecule has 0 aliphatic rings. The molecule has 6 heteroatoms. The van der Waals surface area contributed by atoms with Crippen LogP contribution in [0.5, 0.6) is 5.75 Å². The third-order valence-corrected chi connectivity index (χ3v) is 5.57. The maximum absolute atomic E-state index is 12.7. The zero-order valence-corrected chi connectivity index (χ0v) is 15.6. The van der Waals surface area contributed by atoms with E-state index in [0.29, 0.717) is 16.9 Å². The molecule has 0 N–H and O–H groups in total. The van der Waals surface area contributed by atoms with Crippen molar-refractivity contribution in [3.8, 4) is 5.75 Å². The number of aromatic nitrogens is 1. The molecule has 132 valence electrons. The molecular formula is C20H18N2O3S. The summed E-state index contributed by atoms with van der Waals surface area (Å²) in [6.45, 7) is 4.76. The number of amides is 1. The Labute approximate surface area is 154 Å². The molecule has 26 heavy (non-hydrogen) atoms. The van der Waals surface area contributed by atoms with Gasteiger partial charge in [0.2, 0.25) is 0 Å². The van der Waals surface area contributed by atoms with Gasteiger partial charge in [0.25, 0.3) is 0 Å². The van der Waals surface area contributed by atoms with Gasteiger partial charge in [-0.15, -0.1) is 0 Å². The van der Waals surface area contributed by atoms with Gasteiger partial charge in [-0.2, -0.15) is 4.99 Å². The van der Waals surface area contributed by atoms with Gasteiger partial charge in [-0.1, -0.05) is 35.6 Å². The first kappa shape index (κ1) is 16.6. The summed E-state index contributed by atoms with van der Waals surface area (Å²) >= 11 is 1.49. The van der Waals surface area contributed by atoms with Gasteiger partial charge in [0.15, 0.2) is 10.6 Å². The van der Waals surface area contributed by atoms with Gasteiger partial charge in [-0.05, 0) is 37.6 Å². The molecule has 0 saturated carbocycles. The van der Waals surface area contributed by atoms with E-state index in [2.05, 4.69) is 4.99 Å². The number of furan rings is 1. The van der Waals surface area contributed by atoms with Crippen LogP contribution in [0.1, 0.15) is 23.0 Å². The van der Waals surface area contributed by atoms with Crippen LogP contribution in [0, 0.1) is 6.92 Å². The predicted molar refractivity (Wildman–Crippen MR) is 103 cm³/mol. The van der Waals surface area contributed by atoms with Crippen molar-refractivity contribution in [2.75, 3.05) is 7.11 Å². The van der Waals surface area contributed by atoms with E-state index in [1.807, 2.05) is 54.8 Å². The van der Waals surface area contributed by atoms with Crippen LogP contribution >= 0.6 is 11.3 Å². The summed E-state index contributed by atoms with van der Waals surface area (Å²) in [6, 6.07) is 13.2. The summed E-state index contributed by atoms with van der Waals surface area (Å²) in [5, 5.41) is 0.892. The predicted octanol–water partition coefficient (Wildman–Crippen LogP) is 4.53. The molecule has 2 aromatic carbocycles. The molecule has 4 aromatic rings. The minimum Gasteiger partial charge on any atom is -0.495 e. The maximum Gasteiger partial charge on any atom is 0.315 e. The van der Waals surface area contributed by atoms with Gasteiger partial charge >= 0.3 is 5.91 Å². The fourth-order valence-corrected chi connectivity index (χ4v) is 4.23. The van der Waals surface area contributed by atoms with Gasteiger partial charge < -0.3 is 13.7 Å². The average molecular weight is 366 g/mol. The van der Waals surface area contributed by atoms with E-state index in [1.165, 1.54) is 11.3 Å². The zero-order valence-electron chi connectivity index (χ0n) is 14.8. The molecule has 0 atom stereocenters. The van der Waals surface area contributed by atoms with E-state index in [9.17, 15) is 4.79 Å². The van der Waals surface area contributed by atoms with Crippen molar-refractivity contribution in [3.05, 3.63) is 58.6 Å². The van der Waals surface area contributed by atoms with Gasteiger partial charge in [0, 0.05) is 11.9 Å². The molecule has 0 spiro atoms. The lowest BCUT2D eigenvalue weighted by Gasteiger charge is -2.07. The number of aryl methyl sites for hydroxylation is 2. The first-order valence-electron chi connectivity index (χ1n) is 8.37. The van der Waals surface area contributed by atoms with Crippen LogP contribution in [-0.4, -0.2) is 17.6 Å². The number of para-hydroxylation sites is 1. The van der Waals surface area contributed by atoms with E-state index >= 15 is 0 Å². The number of nitrogens with zero attached hydrogens (tertiary/aromatic N) is 2. The summed E-state index contributed by atoms with van der Waals surface area (Å²) in [5.41, 5.74) is 2.78. The van der Waals surface area contributed by atoms with Crippen LogP contribution in [0.3, 0.4) is 0 Å². The monoisotopic (exact) mass is 366 g/mol. The molecule has 1 amide bonds. The minimum absolute atomic E-state index is 0.245. The van der Waals surface area contributed by atoms with Crippen LogP contribution in [0.2, 0.25) is 0 Å². The Hall–Kier alpha value is -2.86. The summed E-state index contributed by atoms with van der Waals surface area (Å²) in [5.74, 6) is 0.642. The number of fused-ring (bicyclic) bond motifs is 2. The zero-order chi connectivity index (χ0) is 18.3. The van der Waals surface area contributed by atoms with Crippen molar-refractivity contribution in [1.29, 1.82) is 0 Å². The van der Waals surface area contributed by atoms with Crippen molar-refractivity contribution in [3.63, 3.8) is 0 Å². The Morgan fingerprint density at radius 2 is 2.08 bits per heavy atom. The molecular weight excluding hydrogens is 348 g/mol. The van der Waals surface area contributed by atoms with Crippen molar-refractivity contribution in [2.24, 2.45) is 4.99 Å². The van der Waals surface area contributed by atoms with Gasteiger partial charge in [0.1, 0.15) is 16.8 Å². The molecule has 0 fully saturated rings. The Kier molecular flexibility index (Phi) is 4.12. The van der Waals surface area contributed by atoms with Gasteiger partial charge in [-0.25, -0.2) is 0 Å². The van der Waals surface area contributed by atoms with E-state index in [1.54, 1.807) is 13.2 Å². The van der Waals surface area contributed by atoms with E-state index in [4.69, 9.17) is 9.15 Å². The second-order valence-corrected chi connectivity index (χ2v) is 6.93. The lowest BCUT2D eigenvalue weighted by Crippen LogP contribution is -2.16. The summed E-state index contributed by atoms with van der Waals surface area (Å²) in [4.78, 5) is 17.7. The number of ether oxygens (including phenoxy) is 1. The van der Waals surface area contributed by atoms with Crippen molar-refractivity contribution in [2.45, 2.75) is 20.4 Å². The fourth-order valence-electron chi connectivity index (χ4n) is 3.05. The molecule has 4 rings (SSSR count). The summed E-state index contributed by atoms with van der Waals surface area (Å²) in [6.07, 6.45) is 0. The van der Waals surface area contributed by atoms with Crippen LogP contribution in [-0.2, 0) is 6.54 Å².